The minimum Gasteiger partial charge on any atom is -0.465 e. The molecule has 0 amide bonds. The lowest BCUT2D eigenvalue weighted by atomic mass is 9.84. The molecule has 0 N–H and O–H groups in total. The van der Waals surface area contributed by atoms with Gasteiger partial charge in [0.2, 0.25) is 0 Å². The molecule has 0 aromatic heterocycles. The van der Waals surface area contributed by atoms with E-state index in [1.165, 1.54) is 18.2 Å². The van der Waals surface area contributed by atoms with Crippen LogP contribution >= 0.6 is 0 Å². The van der Waals surface area contributed by atoms with Crippen molar-refractivity contribution in [3.8, 4) is 0 Å². The number of non-ortho nitro benzene ring substituents is 1. The van der Waals surface area contributed by atoms with E-state index in [4.69, 9.17) is 9.47 Å². The minimum absolute atomic E-state index is 0.112. The van der Waals surface area contributed by atoms with Crippen LogP contribution in [0.2, 0.25) is 0 Å². The van der Waals surface area contributed by atoms with Gasteiger partial charge in [-0.3, -0.25) is 14.9 Å². The van der Waals surface area contributed by atoms with Gasteiger partial charge >= 0.3 is 11.9 Å². The number of ether oxygens (including phenoxy) is 2. The molecule has 1 aliphatic rings. The van der Waals surface area contributed by atoms with Crippen LogP contribution in [0.1, 0.15) is 29.5 Å². The van der Waals surface area contributed by atoms with E-state index >= 15 is 0 Å². The van der Waals surface area contributed by atoms with Crippen molar-refractivity contribution >= 4 is 28.8 Å². The first-order valence-corrected chi connectivity index (χ1v) is 10.5. The van der Waals surface area contributed by atoms with Crippen LogP contribution in [-0.2, 0) is 19.1 Å². The van der Waals surface area contributed by atoms with Crippen molar-refractivity contribution < 1.29 is 24.0 Å². The molecule has 0 saturated carbocycles. The van der Waals surface area contributed by atoms with Gasteiger partial charge in [0, 0.05) is 17.7 Å². The number of esters is 2. The summed E-state index contributed by atoms with van der Waals surface area (Å²) in [5, 5.41) is 11.4. The molecule has 0 spiro atoms. The first-order chi connectivity index (χ1) is 16.0. The predicted molar refractivity (Wildman–Crippen MR) is 122 cm³/mol. The molecule has 3 aromatic carbocycles. The zero-order valence-corrected chi connectivity index (χ0v) is 17.8. The highest BCUT2D eigenvalue weighted by Gasteiger charge is 2.44. The predicted octanol–water partition coefficient (Wildman–Crippen LogP) is 4.78. The van der Waals surface area contributed by atoms with Gasteiger partial charge in [-0.15, -0.1) is 0 Å². The largest absolute Gasteiger partial charge is 0.465 e. The number of benzene rings is 3. The molecule has 33 heavy (non-hydrogen) atoms. The fraction of sp³-hybridized carbons (Fsp3) is 0.154. The monoisotopic (exact) mass is 443 g/mol. The van der Waals surface area contributed by atoms with Crippen LogP contribution in [0.4, 0.5) is 5.69 Å². The van der Waals surface area contributed by atoms with E-state index in [1.54, 1.807) is 25.1 Å². The number of carbonyl (C=O) groups is 2. The first-order valence-electron chi connectivity index (χ1n) is 10.5. The molecule has 3 aromatic rings. The highest BCUT2D eigenvalue weighted by Crippen LogP contribution is 2.44. The van der Waals surface area contributed by atoms with Gasteiger partial charge in [0.1, 0.15) is 12.0 Å². The van der Waals surface area contributed by atoms with Gasteiger partial charge in [-0.05, 0) is 23.6 Å². The van der Waals surface area contributed by atoms with Crippen molar-refractivity contribution in [3.05, 3.63) is 112 Å². The summed E-state index contributed by atoms with van der Waals surface area (Å²) < 4.78 is 11.1. The van der Waals surface area contributed by atoms with Crippen molar-refractivity contribution in [2.45, 2.75) is 18.9 Å². The fourth-order valence-corrected chi connectivity index (χ4v) is 4.02. The average molecular weight is 443 g/mol. The van der Waals surface area contributed by atoms with E-state index < -0.39 is 28.9 Å². The van der Waals surface area contributed by atoms with E-state index in [-0.39, 0.29) is 12.3 Å². The van der Waals surface area contributed by atoms with Crippen molar-refractivity contribution in [2.24, 2.45) is 0 Å². The van der Waals surface area contributed by atoms with E-state index in [0.29, 0.717) is 27.8 Å². The highest BCUT2D eigenvalue weighted by molar-refractivity contribution is 6.28. The summed E-state index contributed by atoms with van der Waals surface area (Å²) in [6.45, 7) is 1.78. The highest BCUT2D eigenvalue weighted by atomic mass is 16.6. The fourth-order valence-electron chi connectivity index (χ4n) is 4.02. The zero-order valence-electron chi connectivity index (χ0n) is 17.8. The standard InChI is InChI=1S/C26H21NO6/c1-2-32-25(28)23(19-14-9-15-20(16-19)27(30)31)24-21(17-10-5-3-6-11-17)22(26(29)33-24)18-12-7-4-8-13-18/h3-16,23-24H,2H2,1H3. The number of cyclic esters (lactones) is 1. The van der Waals surface area contributed by atoms with Crippen LogP contribution in [0.3, 0.4) is 0 Å². The molecule has 0 fully saturated rings. The van der Waals surface area contributed by atoms with Crippen molar-refractivity contribution in [2.75, 3.05) is 6.61 Å². The van der Waals surface area contributed by atoms with E-state index in [1.807, 2.05) is 48.5 Å². The number of hydrogen-bond donors (Lipinski definition) is 0. The topological polar surface area (TPSA) is 95.7 Å². The van der Waals surface area contributed by atoms with Gasteiger partial charge in [0.05, 0.1) is 17.1 Å². The lowest BCUT2D eigenvalue weighted by molar-refractivity contribution is -0.384. The maximum atomic E-state index is 13.1. The number of rotatable bonds is 7. The van der Waals surface area contributed by atoms with Gasteiger partial charge in [0.15, 0.2) is 0 Å². The summed E-state index contributed by atoms with van der Waals surface area (Å²) in [6, 6.07) is 24.0. The van der Waals surface area contributed by atoms with Crippen LogP contribution < -0.4 is 0 Å². The Bertz CT molecular complexity index is 1220. The number of nitrogens with zero attached hydrogens (tertiary/aromatic N) is 1. The normalized spacial score (nSPS) is 16.3. The lowest BCUT2D eigenvalue weighted by Gasteiger charge is -2.24. The molecule has 166 valence electrons. The van der Waals surface area contributed by atoms with Crippen LogP contribution in [0.5, 0.6) is 0 Å². The SMILES string of the molecule is CCOC(=O)C(c1cccc([N+](=O)[O-])c1)C1OC(=O)C(c2ccccc2)=C1c1ccccc1. The Morgan fingerprint density at radius 2 is 1.64 bits per heavy atom. The Hall–Kier alpha value is -4.26. The van der Waals surface area contributed by atoms with Crippen molar-refractivity contribution in [1.29, 1.82) is 0 Å². The molecular formula is C26H21NO6. The third-order valence-electron chi connectivity index (χ3n) is 5.42. The molecule has 0 aliphatic carbocycles. The summed E-state index contributed by atoms with van der Waals surface area (Å²) in [4.78, 5) is 37.1. The van der Waals surface area contributed by atoms with Crippen molar-refractivity contribution in [1.82, 2.24) is 0 Å². The number of nitro benzene ring substituents is 1. The molecule has 1 heterocycles. The molecule has 4 rings (SSSR count). The van der Waals surface area contributed by atoms with Gasteiger partial charge in [0.25, 0.3) is 5.69 Å². The molecule has 7 heteroatoms. The summed E-state index contributed by atoms with van der Waals surface area (Å²) >= 11 is 0. The molecule has 0 bridgehead atoms. The minimum atomic E-state index is -1.08. The van der Waals surface area contributed by atoms with Gasteiger partial charge in [-0.1, -0.05) is 72.8 Å². The van der Waals surface area contributed by atoms with Gasteiger partial charge in [-0.25, -0.2) is 4.79 Å². The maximum absolute atomic E-state index is 13.1. The van der Waals surface area contributed by atoms with Gasteiger partial charge < -0.3 is 9.47 Å². The van der Waals surface area contributed by atoms with E-state index in [0.717, 1.165) is 0 Å². The second-order valence-corrected chi connectivity index (χ2v) is 7.43. The van der Waals surface area contributed by atoms with Gasteiger partial charge in [-0.2, -0.15) is 0 Å². The molecule has 7 nitrogen and oxygen atoms in total. The summed E-state index contributed by atoms with van der Waals surface area (Å²) in [5.41, 5.74) is 2.43. The summed E-state index contributed by atoms with van der Waals surface area (Å²) in [5.74, 6) is -2.27. The maximum Gasteiger partial charge on any atom is 0.339 e. The van der Waals surface area contributed by atoms with Crippen molar-refractivity contribution in [3.63, 3.8) is 0 Å². The van der Waals surface area contributed by atoms with E-state index in [9.17, 15) is 19.7 Å². The Morgan fingerprint density at radius 3 is 2.24 bits per heavy atom. The lowest BCUT2D eigenvalue weighted by Crippen LogP contribution is -2.30. The molecule has 1 aliphatic heterocycles. The molecular weight excluding hydrogens is 422 g/mol. The molecule has 0 saturated heterocycles. The Kier molecular flexibility index (Phi) is 6.31. The summed E-state index contributed by atoms with van der Waals surface area (Å²) in [7, 11) is 0. The number of hydrogen-bond acceptors (Lipinski definition) is 6. The smallest absolute Gasteiger partial charge is 0.339 e. The zero-order chi connectivity index (χ0) is 23.4. The Morgan fingerprint density at radius 1 is 1.00 bits per heavy atom. The third kappa shape index (κ3) is 4.39. The molecule has 0 radical (unpaired) electrons. The average Bonchev–Trinajstić information content (AvgIpc) is 3.17. The number of carbonyl (C=O) groups excluding carboxylic acids is 2. The second kappa shape index (κ2) is 9.48. The third-order valence-corrected chi connectivity index (χ3v) is 5.42. The molecule has 2 atom stereocenters. The van der Waals surface area contributed by atoms with Crippen LogP contribution in [0, 0.1) is 10.1 Å². The first kappa shape index (κ1) is 22.0. The summed E-state index contributed by atoms with van der Waals surface area (Å²) in [6.07, 6.45) is -1.02. The Labute approximate surface area is 190 Å². The Balaban J connectivity index is 1.93. The molecule has 2 unspecified atom stereocenters. The van der Waals surface area contributed by atoms with Crippen LogP contribution in [-0.4, -0.2) is 29.6 Å². The van der Waals surface area contributed by atoms with E-state index in [2.05, 4.69) is 0 Å². The number of nitro groups is 1. The second-order valence-electron chi connectivity index (χ2n) is 7.43. The quantitative estimate of drug-likeness (QED) is 0.296. The van der Waals surface area contributed by atoms with Crippen LogP contribution in [0.25, 0.3) is 11.1 Å². The van der Waals surface area contributed by atoms with Crippen LogP contribution in [0.15, 0.2) is 84.9 Å².